The third-order valence-electron chi connectivity index (χ3n) is 1.68. The van der Waals surface area contributed by atoms with Crippen molar-refractivity contribution < 1.29 is 5.11 Å². The summed E-state index contributed by atoms with van der Waals surface area (Å²) in [5, 5.41) is 9.10. The highest BCUT2D eigenvalue weighted by molar-refractivity contribution is 5.17. The van der Waals surface area contributed by atoms with E-state index in [1.54, 1.807) is 0 Å². The Morgan fingerprint density at radius 1 is 1.55 bits per heavy atom. The predicted molar refractivity (Wildman–Crippen MR) is 43.6 cm³/mol. The molecular weight excluding hydrogens is 140 g/mol. The van der Waals surface area contributed by atoms with Crippen LogP contribution in [0.25, 0.3) is 0 Å². The number of rotatable bonds is 3. The van der Waals surface area contributed by atoms with Gasteiger partial charge in [-0.15, -0.1) is 0 Å². The summed E-state index contributed by atoms with van der Waals surface area (Å²) in [5.41, 5.74) is 0.760. The van der Waals surface area contributed by atoms with Crippen LogP contribution < -0.4 is 0 Å². The molecule has 62 valence electrons. The molecule has 0 aliphatic rings. The summed E-state index contributed by atoms with van der Waals surface area (Å²) in [7, 11) is 0. The van der Waals surface area contributed by atoms with Gasteiger partial charge in [-0.2, -0.15) is 4.98 Å². The molecule has 0 saturated carbocycles. The van der Waals surface area contributed by atoms with E-state index in [9.17, 15) is 0 Å². The topological polar surface area (TPSA) is 48.9 Å². The Morgan fingerprint density at radius 3 is 2.73 bits per heavy atom. The van der Waals surface area contributed by atoms with Crippen molar-refractivity contribution in [1.82, 2.24) is 9.97 Å². The molecule has 0 amide bonds. The highest BCUT2D eigenvalue weighted by atomic mass is 16.3. The number of aryl methyl sites for hydroxylation is 2. The molecule has 0 atom stereocenters. The van der Waals surface area contributed by atoms with E-state index in [2.05, 4.69) is 16.9 Å². The predicted octanol–water partition coefficient (Wildman–Crippen LogP) is 1.77. The lowest BCUT2D eigenvalue weighted by molar-refractivity contribution is 0.451. The Labute approximate surface area is 66.5 Å². The van der Waals surface area contributed by atoms with Gasteiger partial charge in [0.2, 0.25) is 5.88 Å². The number of unbranched alkanes of at least 4 members (excludes halogenated alkanes) is 1. The van der Waals surface area contributed by atoms with Crippen LogP contribution in [0, 0.1) is 6.92 Å². The number of aromatic hydroxyl groups is 1. The minimum absolute atomic E-state index is 0.135. The second-order valence-corrected chi connectivity index (χ2v) is 2.74. The molecular formula is C8H14N2O. The van der Waals surface area contributed by atoms with Crippen molar-refractivity contribution in [3.8, 4) is 5.88 Å². The zero-order valence-electron chi connectivity index (χ0n) is 7.02. The van der Waals surface area contributed by atoms with Crippen molar-refractivity contribution in [3.05, 3.63) is 11.5 Å². The quantitative estimate of drug-likeness (QED) is 0.697. The van der Waals surface area contributed by atoms with Gasteiger partial charge in [0.15, 0.2) is 0 Å². The van der Waals surface area contributed by atoms with Crippen LogP contribution in [0.15, 0.2) is 0 Å². The fourth-order valence-corrected chi connectivity index (χ4v) is 0.975. The summed E-state index contributed by atoms with van der Waals surface area (Å²) in [6.07, 6.45) is 3.20. The first-order valence-corrected chi connectivity index (χ1v) is 3.98. The van der Waals surface area contributed by atoms with E-state index in [0.717, 1.165) is 30.8 Å². The van der Waals surface area contributed by atoms with Crippen molar-refractivity contribution >= 4 is 0 Å². The maximum absolute atomic E-state index is 9.10. The molecule has 1 aromatic heterocycles. The molecule has 11 heavy (non-hydrogen) atoms. The molecule has 3 nitrogen and oxygen atoms in total. The molecule has 0 aliphatic heterocycles. The van der Waals surface area contributed by atoms with Gasteiger partial charge < -0.3 is 10.1 Å². The van der Waals surface area contributed by atoms with Gasteiger partial charge in [0, 0.05) is 6.42 Å². The van der Waals surface area contributed by atoms with Crippen molar-refractivity contribution in [2.45, 2.75) is 33.1 Å². The Kier molecular flexibility index (Phi) is 2.52. The molecule has 0 aliphatic carbocycles. The van der Waals surface area contributed by atoms with Crippen molar-refractivity contribution in [1.29, 1.82) is 0 Å². The number of hydrogen-bond donors (Lipinski definition) is 2. The summed E-state index contributed by atoms with van der Waals surface area (Å²) < 4.78 is 0. The number of imidazole rings is 1. The smallest absolute Gasteiger partial charge is 0.232 e. The van der Waals surface area contributed by atoms with Gasteiger partial charge in [0.1, 0.15) is 5.82 Å². The van der Waals surface area contributed by atoms with Crippen LogP contribution >= 0.6 is 0 Å². The fourth-order valence-electron chi connectivity index (χ4n) is 0.975. The Balaban J connectivity index is 2.58. The number of hydrogen-bond acceptors (Lipinski definition) is 2. The first kappa shape index (κ1) is 8.11. The Bertz CT molecular complexity index is 210. The number of aromatic nitrogens is 2. The lowest BCUT2D eigenvalue weighted by Crippen LogP contribution is -1.86. The number of nitrogens with zero attached hydrogens (tertiary/aromatic N) is 1. The van der Waals surface area contributed by atoms with Gasteiger partial charge in [-0.3, -0.25) is 0 Å². The van der Waals surface area contributed by atoms with Crippen LogP contribution in [-0.2, 0) is 6.42 Å². The van der Waals surface area contributed by atoms with Crippen molar-refractivity contribution in [3.63, 3.8) is 0 Å². The third kappa shape index (κ3) is 1.97. The van der Waals surface area contributed by atoms with Crippen molar-refractivity contribution in [2.24, 2.45) is 0 Å². The lowest BCUT2D eigenvalue weighted by atomic mass is 10.2. The summed E-state index contributed by atoms with van der Waals surface area (Å²) in [6.45, 7) is 3.95. The van der Waals surface area contributed by atoms with Gasteiger partial charge in [-0.05, 0) is 13.3 Å². The molecule has 1 heterocycles. The average Bonchev–Trinajstić information content (AvgIpc) is 2.28. The lowest BCUT2D eigenvalue weighted by Gasteiger charge is -1.90. The van der Waals surface area contributed by atoms with E-state index >= 15 is 0 Å². The molecule has 0 aromatic carbocycles. The molecule has 0 unspecified atom stereocenters. The largest absolute Gasteiger partial charge is 0.492 e. The van der Waals surface area contributed by atoms with Crippen LogP contribution in [0.3, 0.4) is 0 Å². The number of H-pyrrole nitrogens is 1. The molecule has 1 rings (SSSR count). The van der Waals surface area contributed by atoms with Crippen LogP contribution in [-0.4, -0.2) is 15.1 Å². The maximum atomic E-state index is 9.10. The van der Waals surface area contributed by atoms with Crippen LogP contribution in [0.2, 0.25) is 0 Å². The summed E-state index contributed by atoms with van der Waals surface area (Å²) in [4.78, 5) is 6.97. The van der Waals surface area contributed by atoms with E-state index in [1.165, 1.54) is 0 Å². The monoisotopic (exact) mass is 154 g/mol. The Morgan fingerprint density at radius 2 is 2.27 bits per heavy atom. The van der Waals surface area contributed by atoms with Gasteiger partial charge in [-0.25, -0.2) is 0 Å². The van der Waals surface area contributed by atoms with Gasteiger partial charge in [0.05, 0.1) is 5.69 Å². The van der Waals surface area contributed by atoms with E-state index in [0.29, 0.717) is 0 Å². The minimum Gasteiger partial charge on any atom is -0.492 e. The van der Waals surface area contributed by atoms with Crippen LogP contribution in [0.1, 0.15) is 31.3 Å². The van der Waals surface area contributed by atoms with E-state index in [1.807, 2.05) is 6.92 Å². The zero-order chi connectivity index (χ0) is 8.27. The molecule has 0 saturated heterocycles. The summed E-state index contributed by atoms with van der Waals surface area (Å²) >= 11 is 0. The minimum atomic E-state index is 0.135. The second kappa shape index (κ2) is 3.42. The SMILES string of the molecule is CCCCc1nc(O)c(C)[nH]1. The van der Waals surface area contributed by atoms with Crippen molar-refractivity contribution in [2.75, 3.05) is 0 Å². The van der Waals surface area contributed by atoms with Gasteiger partial charge in [-0.1, -0.05) is 13.3 Å². The fraction of sp³-hybridized carbons (Fsp3) is 0.625. The average molecular weight is 154 g/mol. The first-order valence-electron chi connectivity index (χ1n) is 3.98. The summed E-state index contributed by atoms with van der Waals surface area (Å²) in [5.74, 6) is 1.03. The molecule has 0 spiro atoms. The first-order chi connectivity index (χ1) is 5.24. The number of aromatic amines is 1. The van der Waals surface area contributed by atoms with E-state index in [4.69, 9.17) is 5.11 Å². The Hall–Kier alpha value is -0.990. The van der Waals surface area contributed by atoms with Crippen LogP contribution in [0.5, 0.6) is 5.88 Å². The van der Waals surface area contributed by atoms with E-state index in [-0.39, 0.29) is 5.88 Å². The molecule has 0 radical (unpaired) electrons. The molecule has 0 fully saturated rings. The molecule has 3 heteroatoms. The second-order valence-electron chi connectivity index (χ2n) is 2.74. The highest BCUT2D eigenvalue weighted by Crippen LogP contribution is 2.12. The van der Waals surface area contributed by atoms with Crippen LogP contribution in [0.4, 0.5) is 0 Å². The van der Waals surface area contributed by atoms with Gasteiger partial charge >= 0.3 is 0 Å². The normalized spacial score (nSPS) is 10.4. The molecule has 0 bridgehead atoms. The maximum Gasteiger partial charge on any atom is 0.232 e. The highest BCUT2D eigenvalue weighted by Gasteiger charge is 2.02. The van der Waals surface area contributed by atoms with Gasteiger partial charge in [0.25, 0.3) is 0 Å². The third-order valence-corrected chi connectivity index (χ3v) is 1.68. The van der Waals surface area contributed by atoms with E-state index < -0.39 is 0 Å². The molecule has 2 N–H and O–H groups in total. The number of nitrogens with one attached hydrogen (secondary N) is 1. The zero-order valence-corrected chi connectivity index (χ0v) is 7.02. The summed E-state index contributed by atoms with van der Waals surface area (Å²) in [6, 6.07) is 0. The molecule has 1 aromatic rings. The standard InChI is InChI=1S/C8H14N2O/c1-3-4-5-7-9-6(2)8(11)10-7/h11H,3-5H2,1-2H3,(H,9,10).